The number of hydrogen-bond acceptors (Lipinski definition) is 5. The van der Waals surface area contributed by atoms with Gasteiger partial charge in [0.2, 0.25) is 0 Å². The summed E-state index contributed by atoms with van der Waals surface area (Å²) < 4.78 is 0. The van der Waals surface area contributed by atoms with Gasteiger partial charge >= 0.3 is 23.9 Å². The van der Waals surface area contributed by atoms with E-state index in [9.17, 15) is 19.2 Å². The molecule has 3 aromatic carbocycles. The van der Waals surface area contributed by atoms with Crippen molar-refractivity contribution in [3.63, 3.8) is 0 Å². The lowest BCUT2D eigenvalue weighted by atomic mass is 9.90. The van der Waals surface area contributed by atoms with E-state index < -0.39 is 31.1 Å². The number of hydrogen-bond donors (Lipinski definition) is 5. The quantitative estimate of drug-likeness (QED) is 0.0160. The molecular weight excluding hydrogens is 1370 g/mol. The lowest BCUT2D eigenvalue weighted by Crippen LogP contribution is -2.33. The third kappa shape index (κ3) is 62.4. The SMILES string of the molecule is Br.CCCCCC(=CCCCCCC(=O)O)CCCCC.CCCCCC(CCCCC)CCCCCCC(=O)O.CCCCCC(CCCCC)CCCCCCCO.O=C(O)CCCCCCBr.O=C(O)CCCCCC[P+](c1ccccc1)(c1ccccc1)c1ccccc1. The number of halogens is 2. The van der Waals surface area contributed by atoms with Crippen LogP contribution in [0.4, 0.5) is 0 Å². The monoisotopic (exact) mass is 1520 g/mol. The Hall–Kier alpha value is -3.37. The number of allylic oxidation sites excluding steroid dienone is 2. The summed E-state index contributed by atoms with van der Waals surface area (Å²) in [5.41, 5.74) is 1.64. The van der Waals surface area contributed by atoms with Crippen LogP contribution in [0.15, 0.2) is 103 Å². The summed E-state index contributed by atoms with van der Waals surface area (Å²) in [4.78, 5) is 41.6. The van der Waals surface area contributed by atoms with Gasteiger partial charge in [-0.05, 0) is 138 Å². The van der Waals surface area contributed by atoms with Gasteiger partial charge in [-0.1, -0.05) is 336 Å². The fourth-order valence-electron chi connectivity index (χ4n) is 12.8. The summed E-state index contributed by atoms with van der Waals surface area (Å²) in [6, 6.07) is 32.8. The van der Waals surface area contributed by atoms with Crippen molar-refractivity contribution in [3.8, 4) is 0 Å². The Bertz CT molecular complexity index is 2070. The van der Waals surface area contributed by atoms with E-state index >= 15 is 0 Å². The summed E-state index contributed by atoms with van der Waals surface area (Å²) in [7, 11) is -1.74. The number of carboxylic acids is 4. The first-order valence-electron chi connectivity index (χ1n) is 40.0. The molecule has 0 saturated heterocycles. The van der Waals surface area contributed by atoms with Gasteiger partial charge in [0.05, 0.1) is 6.16 Å². The average Bonchev–Trinajstić information content (AvgIpc) is 0.762. The Kier molecular flexibility index (Phi) is 76.9. The largest absolute Gasteiger partial charge is 0.481 e. The Morgan fingerprint density at radius 2 is 0.592 bits per heavy atom. The molecule has 0 fully saturated rings. The van der Waals surface area contributed by atoms with Gasteiger partial charge in [0.1, 0.15) is 23.2 Å². The molecule has 0 saturated carbocycles. The molecule has 0 bridgehead atoms. The van der Waals surface area contributed by atoms with Crippen molar-refractivity contribution >= 4 is 80.0 Å². The zero-order valence-corrected chi connectivity index (χ0v) is 67.9. The summed E-state index contributed by atoms with van der Waals surface area (Å²) in [5.74, 6) is -0.774. The molecule has 3 aromatic rings. The van der Waals surface area contributed by atoms with Crippen molar-refractivity contribution in [2.24, 2.45) is 11.8 Å². The van der Waals surface area contributed by atoms with E-state index in [2.05, 4.69) is 155 Å². The molecule has 98 heavy (non-hydrogen) atoms. The highest BCUT2D eigenvalue weighted by Crippen LogP contribution is 2.56. The van der Waals surface area contributed by atoms with Gasteiger partial charge < -0.3 is 25.5 Å². The van der Waals surface area contributed by atoms with E-state index in [0.29, 0.717) is 25.9 Å². The Morgan fingerprint density at radius 1 is 0.337 bits per heavy atom. The van der Waals surface area contributed by atoms with Crippen molar-refractivity contribution in [3.05, 3.63) is 103 Å². The van der Waals surface area contributed by atoms with Crippen molar-refractivity contribution < 1.29 is 44.7 Å². The fraction of sp³-hybridized carbons (Fsp3) is 0.721. The second kappa shape index (κ2) is 76.3. The van der Waals surface area contributed by atoms with Crippen molar-refractivity contribution in [1.29, 1.82) is 0 Å². The molecule has 0 radical (unpaired) electrons. The molecular formula is C86H150Br2O9P+. The first-order valence-corrected chi connectivity index (χ1v) is 43.1. The maximum atomic E-state index is 10.8. The third-order valence-corrected chi connectivity index (χ3v) is 23.7. The van der Waals surface area contributed by atoms with Gasteiger partial charge in [0, 0.05) is 37.6 Å². The molecule has 3 rings (SSSR count). The second-order valence-corrected chi connectivity index (χ2v) is 31.9. The Labute approximate surface area is 622 Å². The lowest BCUT2D eigenvalue weighted by Gasteiger charge is -2.27. The Morgan fingerprint density at radius 3 is 0.898 bits per heavy atom. The molecule has 9 nitrogen and oxygen atoms in total. The zero-order valence-electron chi connectivity index (χ0n) is 63.7. The normalized spacial score (nSPS) is 10.8. The van der Waals surface area contributed by atoms with Crippen molar-refractivity contribution in [2.45, 2.75) is 369 Å². The summed E-state index contributed by atoms with van der Waals surface area (Å²) in [5, 5.41) is 48.3. The standard InChI is InChI=1S/C25H27O2P.C18H36O2.C18H34O2.C18H38O.C7H13BrO2.BrH/c26-25(27)20-12-1-2-13-21-28(22-14-6-3-7-15-22,23-16-8-4-9-17-23)24-18-10-5-11-19-24;2*1-3-5-9-13-17(14-10-6-4-2)15-11-7-8-12-16-18(19)20;1-3-5-10-14-18(15-11-6-4-2)16-12-8-7-9-13-17-19;8-6-4-2-1-3-5-7(9)10;/h3-11,14-19H,1-2,12-13,20-21H2;17H,3-16H2,1-2H3,(H,19,20);15H,3-14,16H2,1-2H3,(H,19,20);18-19H,3-17H2,1-2H3;1-6H2,(H,9,10);1H/p+1. The van der Waals surface area contributed by atoms with Crippen LogP contribution in [-0.4, -0.2) is 67.5 Å². The molecule has 5 N–H and O–H groups in total. The van der Waals surface area contributed by atoms with Crippen molar-refractivity contribution in [2.75, 3.05) is 18.1 Å². The highest BCUT2D eigenvalue weighted by molar-refractivity contribution is 9.09. The van der Waals surface area contributed by atoms with Crippen LogP contribution in [0.5, 0.6) is 0 Å². The zero-order chi connectivity index (χ0) is 71.8. The minimum atomic E-state index is -1.74. The molecule has 0 amide bonds. The third-order valence-electron chi connectivity index (χ3n) is 18.6. The first kappa shape index (κ1) is 98.8. The predicted octanol–water partition coefficient (Wildman–Crippen LogP) is 26.4. The van der Waals surface area contributed by atoms with E-state index in [4.69, 9.17) is 25.5 Å². The molecule has 0 atom stereocenters. The van der Waals surface area contributed by atoms with E-state index in [1.807, 2.05) is 0 Å². The van der Waals surface area contributed by atoms with E-state index in [1.54, 1.807) is 5.57 Å². The molecule has 0 aliphatic heterocycles. The van der Waals surface area contributed by atoms with Gasteiger partial charge in [0.15, 0.2) is 0 Å². The van der Waals surface area contributed by atoms with Crippen LogP contribution in [0, 0.1) is 11.8 Å². The average molecular weight is 1520 g/mol. The summed E-state index contributed by atoms with van der Waals surface area (Å²) in [6.07, 6.45) is 63.4. The molecule has 0 aromatic heterocycles. The summed E-state index contributed by atoms with van der Waals surface area (Å²) in [6.45, 7) is 14.0. The van der Waals surface area contributed by atoms with Gasteiger partial charge in [0.25, 0.3) is 0 Å². The van der Waals surface area contributed by atoms with Crippen LogP contribution >= 0.6 is 40.2 Å². The van der Waals surface area contributed by atoms with Gasteiger partial charge in [-0.25, -0.2) is 0 Å². The van der Waals surface area contributed by atoms with Crippen LogP contribution in [0.2, 0.25) is 0 Å². The number of rotatable bonds is 60. The molecule has 0 heterocycles. The summed E-state index contributed by atoms with van der Waals surface area (Å²) >= 11 is 3.31. The highest BCUT2D eigenvalue weighted by Gasteiger charge is 2.44. The lowest BCUT2D eigenvalue weighted by molar-refractivity contribution is -0.138. The number of carbonyl (C=O) groups is 4. The van der Waals surface area contributed by atoms with Gasteiger partial charge in [-0.15, -0.1) is 17.0 Å². The second-order valence-electron chi connectivity index (χ2n) is 27.5. The Balaban J connectivity index is -0.00000118. The fourth-order valence-corrected chi connectivity index (χ4v) is 17.6. The smallest absolute Gasteiger partial charge is 0.303 e. The van der Waals surface area contributed by atoms with Gasteiger partial charge in [-0.3, -0.25) is 19.2 Å². The van der Waals surface area contributed by atoms with E-state index in [0.717, 1.165) is 120 Å². The molecule has 0 spiro atoms. The maximum absolute atomic E-state index is 10.8. The molecule has 566 valence electrons. The molecule has 12 heteroatoms. The number of aliphatic hydroxyl groups excluding tert-OH is 1. The number of aliphatic carboxylic acids is 4. The minimum Gasteiger partial charge on any atom is -0.481 e. The van der Waals surface area contributed by atoms with Crippen LogP contribution in [0.25, 0.3) is 0 Å². The van der Waals surface area contributed by atoms with Crippen LogP contribution in [-0.2, 0) is 19.2 Å². The maximum Gasteiger partial charge on any atom is 0.303 e. The van der Waals surface area contributed by atoms with Crippen molar-refractivity contribution in [1.82, 2.24) is 0 Å². The number of aliphatic hydroxyl groups is 1. The predicted molar refractivity (Wildman–Crippen MR) is 436 cm³/mol. The van der Waals surface area contributed by atoms with E-state index in [1.165, 1.54) is 221 Å². The number of unbranched alkanes of at least 4 members (excludes halogenated alkanes) is 28. The number of benzene rings is 3. The first-order chi connectivity index (χ1) is 47.3. The van der Waals surface area contributed by atoms with Crippen LogP contribution in [0.1, 0.15) is 369 Å². The molecule has 0 aliphatic carbocycles. The number of carboxylic acid groups (broad SMARTS) is 4. The van der Waals surface area contributed by atoms with Gasteiger partial charge in [-0.2, -0.15) is 0 Å². The topological polar surface area (TPSA) is 169 Å². The molecule has 0 unspecified atom stereocenters. The minimum absolute atomic E-state index is 0. The van der Waals surface area contributed by atoms with Crippen LogP contribution < -0.4 is 15.9 Å². The number of alkyl halides is 1. The highest BCUT2D eigenvalue weighted by atomic mass is 79.9. The van der Waals surface area contributed by atoms with E-state index in [-0.39, 0.29) is 23.4 Å². The van der Waals surface area contributed by atoms with Crippen LogP contribution in [0.3, 0.4) is 0 Å². The molecule has 0 aliphatic rings.